The summed E-state index contributed by atoms with van der Waals surface area (Å²) >= 11 is 0. The van der Waals surface area contributed by atoms with E-state index in [0.29, 0.717) is 11.7 Å². The maximum absolute atomic E-state index is 11.7. The molecule has 0 amide bonds. The summed E-state index contributed by atoms with van der Waals surface area (Å²) in [6.07, 6.45) is 19.0. The molecular formula is C17H30O. The SMILES string of the molecule is CC1/C=C\CCCCCCCCCCC(=O)CC1. The van der Waals surface area contributed by atoms with Crippen LogP contribution in [0, 0.1) is 5.92 Å². The fraction of sp³-hybridized carbons (Fsp3) is 0.824. The molecule has 1 nitrogen and oxygen atoms in total. The number of hydrogen-bond donors (Lipinski definition) is 0. The molecule has 0 spiro atoms. The van der Waals surface area contributed by atoms with Crippen LogP contribution in [0.3, 0.4) is 0 Å². The van der Waals surface area contributed by atoms with Gasteiger partial charge >= 0.3 is 0 Å². The third-order valence-electron chi connectivity index (χ3n) is 3.92. The van der Waals surface area contributed by atoms with Crippen molar-refractivity contribution >= 4 is 5.78 Å². The Hall–Kier alpha value is -0.590. The van der Waals surface area contributed by atoms with Gasteiger partial charge in [0, 0.05) is 12.8 Å². The molecule has 1 unspecified atom stereocenters. The van der Waals surface area contributed by atoms with Crippen molar-refractivity contribution in [3.8, 4) is 0 Å². The van der Waals surface area contributed by atoms with Gasteiger partial charge in [-0.15, -0.1) is 0 Å². The van der Waals surface area contributed by atoms with Crippen molar-refractivity contribution in [2.75, 3.05) is 0 Å². The Bertz CT molecular complexity index is 242. The van der Waals surface area contributed by atoms with Crippen molar-refractivity contribution in [3.63, 3.8) is 0 Å². The molecule has 1 atom stereocenters. The van der Waals surface area contributed by atoms with Crippen LogP contribution in [-0.2, 0) is 4.79 Å². The normalized spacial score (nSPS) is 27.8. The van der Waals surface area contributed by atoms with Gasteiger partial charge in [0.15, 0.2) is 0 Å². The van der Waals surface area contributed by atoms with Gasteiger partial charge in [-0.05, 0) is 31.6 Å². The molecule has 1 aliphatic carbocycles. The van der Waals surface area contributed by atoms with E-state index in [1.807, 2.05) is 0 Å². The maximum Gasteiger partial charge on any atom is 0.132 e. The summed E-state index contributed by atoms with van der Waals surface area (Å²) in [5.41, 5.74) is 0. The third kappa shape index (κ3) is 8.49. The molecule has 0 aromatic rings. The van der Waals surface area contributed by atoms with Crippen LogP contribution in [0.5, 0.6) is 0 Å². The predicted octanol–water partition coefficient (Wildman–Crippen LogP) is 5.44. The Labute approximate surface area is 113 Å². The summed E-state index contributed by atoms with van der Waals surface area (Å²) < 4.78 is 0. The molecule has 0 radical (unpaired) electrons. The Kier molecular flexibility index (Phi) is 8.89. The van der Waals surface area contributed by atoms with Crippen LogP contribution in [0.1, 0.15) is 84.0 Å². The van der Waals surface area contributed by atoms with Gasteiger partial charge in [0.25, 0.3) is 0 Å². The summed E-state index contributed by atoms with van der Waals surface area (Å²) in [7, 11) is 0. The molecule has 0 heterocycles. The van der Waals surface area contributed by atoms with Crippen molar-refractivity contribution in [2.45, 2.75) is 84.0 Å². The van der Waals surface area contributed by atoms with Gasteiger partial charge in [-0.25, -0.2) is 0 Å². The van der Waals surface area contributed by atoms with Crippen LogP contribution in [0.4, 0.5) is 0 Å². The van der Waals surface area contributed by atoms with Gasteiger partial charge in [-0.3, -0.25) is 4.79 Å². The fourth-order valence-electron chi connectivity index (χ4n) is 2.58. The summed E-state index contributed by atoms with van der Waals surface area (Å²) in [5.74, 6) is 1.05. The average molecular weight is 250 g/mol. The smallest absolute Gasteiger partial charge is 0.132 e. The van der Waals surface area contributed by atoms with Gasteiger partial charge in [0.2, 0.25) is 0 Å². The summed E-state index contributed by atoms with van der Waals surface area (Å²) in [4.78, 5) is 11.7. The van der Waals surface area contributed by atoms with Crippen molar-refractivity contribution in [1.82, 2.24) is 0 Å². The van der Waals surface area contributed by atoms with Crippen LogP contribution < -0.4 is 0 Å². The molecule has 0 saturated heterocycles. The topological polar surface area (TPSA) is 17.1 Å². The monoisotopic (exact) mass is 250 g/mol. The lowest BCUT2D eigenvalue weighted by atomic mass is 9.98. The summed E-state index contributed by atoms with van der Waals surface area (Å²) in [6, 6.07) is 0. The first kappa shape index (κ1) is 15.5. The van der Waals surface area contributed by atoms with E-state index in [2.05, 4.69) is 19.1 Å². The number of carbonyl (C=O) groups excluding carboxylic acids is 1. The molecular weight excluding hydrogens is 220 g/mol. The minimum atomic E-state index is 0.474. The van der Waals surface area contributed by atoms with Crippen LogP contribution >= 0.6 is 0 Å². The number of allylic oxidation sites excluding steroid dienone is 2. The third-order valence-corrected chi connectivity index (χ3v) is 3.92. The molecule has 1 aliphatic rings. The first-order chi connectivity index (χ1) is 8.79. The lowest BCUT2D eigenvalue weighted by Crippen LogP contribution is -2.01. The highest BCUT2D eigenvalue weighted by Gasteiger charge is 2.05. The zero-order valence-electron chi connectivity index (χ0n) is 12.1. The molecule has 0 bridgehead atoms. The molecule has 0 saturated carbocycles. The second-order valence-corrected chi connectivity index (χ2v) is 5.85. The predicted molar refractivity (Wildman–Crippen MR) is 78.7 cm³/mol. The maximum atomic E-state index is 11.7. The molecule has 1 rings (SSSR count). The van der Waals surface area contributed by atoms with Gasteiger partial charge < -0.3 is 0 Å². The largest absolute Gasteiger partial charge is 0.300 e. The lowest BCUT2D eigenvalue weighted by Gasteiger charge is -2.07. The molecule has 1 heteroatoms. The Morgan fingerprint density at radius 1 is 0.889 bits per heavy atom. The van der Waals surface area contributed by atoms with E-state index in [1.54, 1.807) is 0 Å². The van der Waals surface area contributed by atoms with Crippen LogP contribution in [0.2, 0.25) is 0 Å². The number of hydrogen-bond acceptors (Lipinski definition) is 1. The molecule has 0 aromatic carbocycles. The molecule has 104 valence electrons. The zero-order valence-corrected chi connectivity index (χ0v) is 12.1. The standard InChI is InChI=1S/C17H30O/c1-16-12-10-8-6-4-2-3-5-7-9-11-13-17(18)15-14-16/h10,12,16H,2-9,11,13-15H2,1H3/b12-10-. The van der Waals surface area contributed by atoms with E-state index in [4.69, 9.17) is 0 Å². The Morgan fingerprint density at radius 2 is 1.50 bits per heavy atom. The number of Topliss-reactive ketones (excluding diaryl/α,β-unsaturated/α-hetero) is 1. The van der Waals surface area contributed by atoms with E-state index in [0.717, 1.165) is 25.7 Å². The molecule has 0 N–H and O–H groups in total. The van der Waals surface area contributed by atoms with E-state index in [9.17, 15) is 4.79 Å². The Balaban J connectivity index is 2.29. The second-order valence-electron chi connectivity index (χ2n) is 5.85. The van der Waals surface area contributed by atoms with Crippen molar-refractivity contribution in [2.24, 2.45) is 5.92 Å². The number of carbonyl (C=O) groups is 1. The van der Waals surface area contributed by atoms with Gasteiger partial charge in [0.1, 0.15) is 5.78 Å². The molecule has 18 heavy (non-hydrogen) atoms. The minimum absolute atomic E-state index is 0.474. The average Bonchev–Trinajstić information content (AvgIpc) is 2.36. The van der Waals surface area contributed by atoms with E-state index >= 15 is 0 Å². The molecule has 0 aliphatic heterocycles. The zero-order chi connectivity index (χ0) is 13.1. The van der Waals surface area contributed by atoms with E-state index in [1.165, 1.54) is 51.4 Å². The van der Waals surface area contributed by atoms with Crippen molar-refractivity contribution in [3.05, 3.63) is 12.2 Å². The quantitative estimate of drug-likeness (QED) is 0.523. The van der Waals surface area contributed by atoms with E-state index in [-0.39, 0.29) is 0 Å². The van der Waals surface area contributed by atoms with Gasteiger partial charge in [-0.1, -0.05) is 57.6 Å². The first-order valence-electron chi connectivity index (χ1n) is 7.97. The minimum Gasteiger partial charge on any atom is -0.300 e. The van der Waals surface area contributed by atoms with Gasteiger partial charge in [0.05, 0.1) is 0 Å². The highest BCUT2D eigenvalue weighted by atomic mass is 16.1. The van der Waals surface area contributed by atoms with Crippen LogP contribution in [-0.4, -0.2) is 5.78 Å². The molecule has 0 aromatic heterocycles. The van der Waals surface area contributed by atoms with Crippen molar-refractivity contribution in [1.29, 1.82) is 0 Å². The second kappa shape index (κ2) is 10.3. The fourth-order valence-corrected chi connectivity index (χ4v) is 2.58. The number of ketones is 1. The lowest BCUT2D eigenvalue weighted by molar-refractivity contribution is -0.119. The van der Waals surface area contributed by atoms with E-state index < -0.39 is 0 Å². The van der Waals surface area contributed by atoms with Crippen LogP contribution in [0.25, 0.3) is 0 Å². The van der Waals surface area contributed by atoms with Crippen molar-refractivity contribution < 1.29 is 4.79 Å². The highest BCUT2D eigenvalue weighted by Crippen LogP contribution is 2.15. The first-order valence-corrected chi connectivity index (χ1v) is 7.97. The summed E-state index contributed by atoms with van der Waals surface area (Å²) in [6.45, 7) is 2.23. The number of rotatable bonds is 0. The highest BCUT2D eigenvalue weighted by molar-refractivity contribution is 5.78. The Morgan fingerprint density at radius 3 is 2.22 bits per heavy atom. The van der Waals surface area contributed by atoms with Crippen LogP contribution in [0.15, 0.2) is 12.2 Å². The molecule has 0 fully saturated rings. The van der Waals surface area contributed by atoms with Gasteiger partial charge in [-0.2, -0.15) is 0 Å². The summed E-state index contributed by atoms with van der Waals surface area (Å²) in [5, 5.41) is 0.